The SMILES string of the molecule is Cc1ccc(-c2ccc(-c3ccc([C]4CCC(C)CC4)cc3)cc2F)cc1. The maximum atomic E-state index is 14.7. The van der Waals surface area contributed by atoms with E-state index in [-0.39, 0.29) is 5.82 Å². The van der Waals surface area contributed by atoms with Gasteiger partial charge in [-0.15, -0.1) is 0 Å². The van der Waals surface area contributed by atoms with Gasteiger partial charge in [0.2, 0.25) is 0 Å². The number of halogens is 1. The monoisotopic (exact) mass is 357 g/mol. The van der Waals surface area contributed by atoms with E-state index in [2.05, 4.69) is 31.2 Å². The van der Waals surface area contributed by atoms with E-state index in [1.807, 2.05) is 43.3 Å². The summed E-state index contributed by atoms with van der Waals surface area (Å²) in [4.78, 5) is 0. The molecule has 0 atom stereocenters. The van der Waals surface area contributed by atoms with Crippen molar-refractivity contribution in [2.45, 2.75) is 39.5 Å². The van der Waals surface area contributed by atoms with Crippen molar-refractivity contribution < 1.29 is 4.39 Å². The zero-order chi connectivity index (χ0) is 18.8. The Morgan fingerprint density at radius 1 is 0.704 bits per heavy atom. The summed E-state index contributed by atoms with van der Waals surface area (Å²) in [6, 6.07) is 22.2. The Bertz CT molecular complexity index is 898. The zero-order valence-corrected chi connectivity index (χ0v) is 16.1. The predicted octanol–water partition coefficient (Wildman–Crippen LogP) is 7.60. The molecule has 0 unspecified atom stereocenters. The van der Waals surface area contributed by atoms with Crippen LogP contribution < -0.4 is 0 Å². The third-order valence-corrected chi connectivity index (χ3v) is 5.84. The first kappa shape index (κ1) is 18.0. The van der Waals surface area contributed by atoms with E-state index in [9.17, 15) is 4.39 Å². The van der Waals surface area contributed by atoms with Crippen molar-refractivity contribution >= 4 is 0 Å². The summed E-state index contributed by atoms with van der Waals surface area (Å²) in [7, 11) is 0. The molecule has 0 nitrogen and oxygen atoms in total. The zero-order valence-electron chi connectivity index (χ0n) is 16.1. The van der Waals surface area contributed by atoms with Crippen LogP contribution >= 0.6 is 0 Å². The van der Waals surface area contributed by atoms with E-state index in [1.54, 1.807) is 12.0 Å². The maximum absolute atomic E-state index is 14.7. The molecule has 0 N–H and O–H groups in total. The fourth-order valence-electron chi connectivity index (χ4n) is 3.96. The van der Waals surface area contributed by atoms with Crippen LogP contribution in [0, 0.1) is 24.6 Å². The predicted molar refractivity (Wildman–Crippen MR) is 112 cm³/mol. The van der Waals surface area contributed by atoms with Gasteiger partial charge >= 0.3 is 0 Å². The number of benzene rings is 3. The first-order chi connectivity index (χ1) is 13.1. The molecule has 1 aliphatic rings. The van der Waals surface area contributed by atoms with Crippen LogP contribution in [0.2, 0.25) is 0 Å². The second-order valence-corrected chi connectivity index (χ2v) is 7.92. The lowest BCUT2D eigenvalue weighted by Gasteiger charge is -2.26. The molecule has 0 bridgehead atoms. The average Bonchev–Trinajstić information content (AvgIpc) is 2.69. The first-order valence-electron chi connectivity index (χ1n) is 9.92. The second-order valence-electron chi connectivity index (χ2n) is 7.92. The minimum absolute atomic E-state index is 0.170. The molecule has 0 saturated heterocycles. The van der Waals surface area contributed by atoms with Crippen molar-refractivity contribution in [1.29, 1.82) is 0 Å². The van der Waals surface area contributed by atoms with E-state index in [0.717, 1.165) is 22.6 Å². The Balaban J connectivity index is 1.55. The van der Waals surface area contributed by atoms with Gasteiger partial charge in [-0.2, -0.15) is 0 Å². The molecule has 1 saturated carbocycles. The van der Waals surface area contributed by atoms with Gasteiger partial charge in [0.15, 0.2) is 0 Å². The van der Waals surface area contributed by atoms with Crippen molar-refractivity contribution in [2.24, 2.45) is 5.92 Å². The van der Waals surface area contributed by atoms with Crippen molar-refractivity contribution in [3.63, 3.8) is 0 Å². The molecule has 0 spiro atoms. The highest BCUT2D eigenvalue weighted by Gasteiger charge is 2.20. The smallest absolute Gasteiger partial charge is 0.131 e. The van der Waals surface area contributed by atoms with Gasteiger partial charge in [0.1, 0.15) is 5.82 Å². The molecule has 137 valence electrons. The maximum Gasteiger partial charge on any atom is 0.131 e. The Morgan fingerprint density at radius 3 is 1.89 bits per heavy atom. The molecule has 1 radical (unpaired) electrons. The quantitative estimate of drug-likeness (QED) is 0.452. The molecular weight excluding hydrogens is 331 g/mol. The molecule has 27 heavy (non-hydrogen) atoms. The summed E-state index contributed by atoms with van der Waals surface area (Å²) in [5.41, 5.74) is 6.10. The summed E-state index contributed by atoms with van der Waals surface area (Å²) in [6.45, 7) is 4.38. The van der Waals surface area contributed by atoms with Crippen molar-refractivity contribution in [3.05, 3.63) is 89.6 Å². The average molecular weight is 357 g/mol. The van der Waals surface area contributed by atoms with Crippen LogP contribution in [0.15, 0.2) is 66.7 Å². The molecule has 0 aliphatic heterocycles. The van der Waals surface area contributed by atoms with Crippen LogP contribution in [0.1, 0.15) is 43.7 Å². The molecule has 4 rings (SSSR count). The molecule has 3 aromatic carbocycles. The Labute approximate surface area is 162 Å². The van der Waals surface area contributed by atoms with Gasteiger partial charge in [-0.3, -0.25) is 0 Å². The van der Waals surface area contributed by atoms with Crippen LogP contribution in [0.25, 0.3) is 22.3 Å². The van der Waals surface area contributed by atoms with Gasteiger partial charge in [0, 0.05) is 11.5 Å². The lowest BCUT2D eigenvalue weighted by molar-refractivity contribution is 0.416. The standard InChI is InChI=1S/C26H26F/c1-18-3-7-20(8-4-18)21-11-13-22(14-12-21)24-15-16-25(26(27)17-24)23-9-5-19(2)6-10-23/h5-6,9-18H,3-4,7-8H2,1-2H3. The van der Waals surface area contributed by atoms with E-state index >= 15 is 0 Å². The van der Waals surface area contributed by atoms with E-state index in [1.165, 1.54) is 36.8 Å². The Kier molecular flexibility index (Phi) is 5.11. The summed E-state index contributed by atoms with van der Waals surface area (Å²) in [5, 5.41) is 0. The van der Waals surface area contributed by atoms with E-state index in [0.29, 0.717) is 5.56 Å². The number of hydrogen-bond acceptors (Lipinski definition) is 0. The van der Waals surface area contributed by atoms with Crippen LogP contribution in [-0.4, -0.2) is 0 Å². The Morgan fingerprint density at radius 2 is 1.26 bits per heavy atom. The van der Waals surface area contributed by atoms with Crippen LogP contribution in [-0.2, 0) is 0 Å². The minimum atomic E-state index is -0.170. The minimum Gasteiger partial charge on any atom is -0.206 e. The molecule has 1 aliphatic carbocycles. The molecule has 1 heteroatoms. The normalized spacial score (nSPS) is 15.8. The lowest BCUT2D eigenvalue weighted by Crippen LogP contribution is -2.11. The largest absolute Gasteiger partial charge is 0.206 e. The topological polar surface area (TPSA) is 0 Å². The highest BCUT2D eigenvalue weighted by Crippen LogP contribution is 2.35. The number of hydrogen-bond donors (Lipinski definition) is 0. The molecular formula is C26H26F. The van der Waals surface area contributed by atoms with Crippen molar-refractivity contribution in [2.75, 3.05) is 0 Å². The molecule has 3 aromatic rings. The first-order valence-corrected chi connectivity index (χ1v) is 9.92. The highest BCUT2D eigenvalue weighted by molar-refractivity contribution is 5.71. The highest BCUT2D eigenvalue weighted by atomic mass is 19.1. The summed E-state index contributed by atoms with van der Waals surface area (Å²) < 4.78 is 14.7. The van der Waals surface area contributed by atoms with Gasteiger partial charge in [-0.25, -0.2) is 4.39 Å². The Hall–Kier alpha value is -2.41. The van der Waals surface area contributed by atoms with Gasteiger partial charge in [0.05, 0.1) is 0 Å². The number of rotatable bonds is 3. The van der Waals surface area contributed by atoms with E-state index < -0.39 is 0 Å². The molecule has 0 heterocycles. The molecule has 1 fully saturated rings. The summed E-state index contributed by atoms with van der Waals surface area (Å²) >= 11 is 0. The summed E-state index contributed by atoms with van der Waals surface area (Å²) in [5.74, 6) is 2.25. The van der Waals surface area contributed by atoms with Crippen molar-refractivity contribution in [1.82, 2.24) is 0 Å². The van der Waals surface area contributed by atoms with Crippen LogP contribution in [0.5, 0.6) is 0 Å². The third kappa shape index (κ3) is 3.98. The third-order valence-electron chi connectivity index (χ3n) is 5.84. The van der Waals surface area contributed by atoms with Gasteiger partial charge < -0.3 is 0 Å². The van der Waals surface area contributed by atoms with Gasteiger partial charge in [-0.05, 0) is 66.8 Å². The van der Waals surface area contributed by atoms with E-state index in [4.69, 9.17) is 0 Å². The van der Waals surface area contributed by atoms with Crippen molar-refractivity contribution in [3.8, 4) is 22.3 Å². The fourth-order valence-corrected chi connectivity index (χ4v) is 3.96. The van der Waals surface area contributed by atoms with Gasteiger partial charge in [-0.1, -0.05) is 73.2 Å². The lowest BCUT2D eigenvalue weighted by atomic mass is 9.79. The van der Waals surface area contributed by atoms with Crippen LogP contribution in [0.3, 0.4) is 0 Å². The van der Waals surface area contributed by atoms with Crippen LogP contribution in [0.4, 0.5) is 4.39 Å². The molecule has 0 amide bonds. The summed E-state index contributed by atoms with van der Waals surface area (Å²) in [6.07, 6.45) is 5.01. The number of aryl methyl sites for hydroxylation is 1. The molecule has 0 aromatic heterocycles. The fraction of sp³-hybridized carbons (Fsp3) is 0.269. The second kappa shape index (κ2) is 7.68. The van der Waals surface area contributed by atoms with Gasteiger partial charge in [0.25, 0.3) is 0 Å².